The summed E-state index contributed by atoms with van der Waals surface area (Å²) in [6, 6.07) is 9.08. The molecule has 0 bridgehead atoms. The quantitative estimate of drug-likeness (QED) is 0.297. The second-order valence-electron chi connectivity index (χ2n) is 7.80. The van der Waals surface area contributed by atoms with Crippen LogP contribution in [0.5, 0.6) is 0 Å². The molecule has 13 heteroatoms. The van der Waals surface area contributed by atoms with Crippen LogP contribution in [-0.2, 0) is 12.4 Å². The predicted molar refractivity (Wildman–Crippen MR) is 119 cm³/mol. The number of anilines is 1. The average molecular weight is 521 g/mol. The highest BCUT2D eigenvalue weighted by atomic mass is 19.4. The van der Waals surface area contributed by atoms with Crippen molar-refractivity contribution in [2.24, 2.45) is 0 Å². The van der Waals surface area contributed by atoms with Gasteiger partial charge in [-0.3, -0.25) is 4.98 Å². The molecular formula is C24H17F6N5O2. The predicted octanol–water partition coefficient (Wildman–Crippen LogP) is 6.39. The highest BCUT2D eigenvalue weighted by Gasteiger charge is 2.37. The first kappa shape index (κ1) is 25.7. The van der Waals surface area contributed by atoms with Crippen LogP contribution < -0.4 is 10.6 Å². The maximum Gasteiger partial charge on any atom is 0.418 e. The zero-order chi connectivity index (χ0) is 26.8. The van der Waals surface area contributed by atoms with Crippen LogP contribution in [-0.4, -0.2) is 21.2 Å². The van der Waals surface area contributed by atoms with Crippen LogP contribution in [0.3, 0.4) is 0 Å². The number of carbonyl (C=O) groups is 1. The lowest BCUT2D eigenvalue weighted by atomic mass is 9.98. The van der Waals surface area contributed by atoms with Gasteiger partial charge in [0, 0.05) is 24.4 Å². The summed E-state index contributed by atoms with van der Waals surface area (Å²) in [7, 11) is 0. The highest BCUT2D eigenvalue weighted by Crippen LogP contribution is 2.36. The number of amides is 2. The number of nitrogens with zero attached hydrogens (tertiary/aromatic N) is 3. The molecule has 0 aliphatic rings. The number of rotatable bonds is 5. The molecule has 2 N–H and O–H groups in total. The zero-order valence-corrected chi connectivity index (χ0v) is 18.9. The molecule has 0 fully saturated rings. The topological polar surface area (TPSA) is 92.9 Å². The summed E-state index contributed by atoms with van der Waals surface area (Å²) in [5.41, 5.74) is -2.01. The Hall–Kier alpha value is -4.42. The smallest absolute Gasteiger partial charge is 0.339 e. The monoisotopic (exact) mass is 521 g/mol. The van der Waals surface area contributed by atoms with Crippen LogP contribution in [0.25, 0.3) is 11.4 Å². The van der Waals surface area contributed by atoms with E-state index in [-0.39, 0.29) is 17.1 Å². The molecule has 2 aromatic heterocycles. The van der Waals surface area contributed by atoms with Gasteiger partial charge in [-0.05, 0) is 42.0 Å². The van der Waals surface area contributed by atoms with Crippen LogP contribution in [0.15, 0.2) is 71.4 Å². The molecule has 0 spiro atoms. The fourth-order valence-corrected chi connectivity index (χ4v) is 3.51. The number of urea groups is 1. The van der Waals surface area contributed by atoms with Crippen molar-refractivity contribution in [3.8, 4) is 11.4 Å². The molecule has 4 aromatic rings. The van der Waals surface area contributed by atoms with Crippen LogP contribution in [0.1, 0.15) is 34.3 Å². The number of halogens is 6. The van der Waals surface area contributed by atoms with Gasteiger partial charge in [0.1, 0.15) is 0 Å². The zero-order valence-electron chi connectivity index (χ0n) is 18.9. The Morgan fingerprint density at radius 1 is 0.946 bits per heavy atom. The molecule has 1 atom stereocenters. The minimum absolute atomic E-state index is 0.0385. The van der Waals surface area contributed by atoms with E-state index in [4.69, 9.17) is 4.52 Å². The Morgan fingerprint density at radius 3 is 2.30 bits per heavy atom. The van der Waals surface area contributed by atoms with E-state index in [2.05, 4.69) is 25.8 Å². The third-order valence-corrected chi connectivity index (χ3v) is 5.17. The molecule has 4 rings (SSSR count). The maximum atomic E-state index is 13.7. The van der Waals surface area contributed by atoms with Crippen molar-refractivity contribution in [3.05, 3.63) is 95.1 Å². The summed E-state index contributed by atoms with van der Waals surface area (Å²) in [5.74, 6) is 0.578. The Labute approximate surface area is 205 Å². The molecule has 2 aromatic carbocycles. The number of aryl methyl sites for hydroxylation is 1. The number of alkyl halides is 6. The van der Waals surface area contributed by atoms with Gasteiger partial charge >= 0.3 is 18.4 Å². The lowest BCUT2D eigenvalue weighted by Gasteiger charge is -2.23. The summed E-state index contributed by atoms with van der Waals surface area (Å²) < 4.78 is 85.1. The van der Waals surface area contributed by atoms with Crippen molar-refractivity contribution >= 4 is 11.7 Å². The molecule has 1 unspecified atom stereocenters. The average Bonchev–Trinajstić information content (AvgIpc) is 3.28. The number of nitrogens with one attached hydrogen (secondary N) is 2. The Bertz CT molecular complexity index is 1400. The third kappa shape index (κ3) is 6.05. The first-order chi connectivity index (χ1) is 17.4. The molecule has 192 valence electrons. The summed E-state index contributed by atoms with van der Waals surface area (Å²) >= 11 is 0. The van der Waals surface area contributed by atoms with Gasteiger partial charge in [0.15, 0.2) is 0 Å². The molecule has 2 amide bonds. The largest absolute Gasteiger partial charge is 0.418 e. The van der Waals surface area contributed by atoms with Gasteiger partial charge in [0.2, 0.25) is 11.7 Å². The molecule has 0 aliphatic carbocycles. The first-order valence-corrected chi connectivity index (χ1v) is 10.6. The maximum absolute atomic E-state index is 13.7. The van der Waals surface area contributed by atoms with Crippen molar-refractivity contribution in [1.82, 2.24) is 20.4 Å². The van der Waals surface area contributed by atoms with Gasteiger partial charge in [0.05, 0.1) is 22.9 Å². The normalized spacial score (nSPS) is 12.7. The van der Waals surface area contributed by atoms with Crippen molar-refractivity contribution in [2.45, 2.75) is 25.3 Å². The van der Waals surface area contributed by atoms with Gasteiger partial charge in [-0.15, -0.1) is 0 Å². The number of hydrogen-bond donors (Lipinski definition) is 2. The Kier molecular flexibility index (Phi) is 6.88. The van der Waals surface area contributed by atoms with Crippen LogP contribution in [0, 0.1) is 6.92 Å². The second kappa shape index (κ2) is 9.91. The SMILES string of the molecule is Cc1nc(-c2cccc(NC(=O)NC(c3ccc(C(F)(F)F)cc3)c3ncccc3C(F)(F)F)c2)no1. The molecular weight excluding hydrogens is 504 g/mol. The van der Waals surface area contributed by atoms with E-state index >= 15 is 0 Å². The van der Waals surface area contributed by atoms with E-state index in [0.29, 0.717) is 23.6 Å². The second-order valence-corrected chi connectivity index (χ2v) is 7.80. The molecule has 0 saturated heterocycles. The molecule has 0 aliphatic heterocycles. The fraction of sp³-hybridized carbons (Fsp3) is 0.167. The van der Waals surface area contributed by atoms with E-state index in [1.54, 1.807) is 19.1 Å². The summed E-state index contributed by atoms with van der Waals surface area (Å²) in [5, 5.41) is 8.67. The van der Waals surface area contributed by atoms with Gasteiger partial charge in [-0.1, -0.05) is 29.4 Å². The Morgan fingerprint density at radius 2 is 1.68 bits per heavy atom. The first-order valence-electron chi connectivity index (χ1n) is 10.6. The minimum Gasteiger partial charge on any atom is -0.339 e. The van der Waals surface area contributed by atoms with Gasteiger partial charge in [-0.25, -0.2) is 4.79 Å². The third-order valence-electron chi connectivity index (χ3n) is 5.17. The van der Waals surface area contributed by atoms with E-state index < -0.39 is 41.2 Å². The van der Waals surface area contributed by atoms with Crippen molar-refractivity contribution in [2.75, 3.05) is 5.32 Å². The lowest BCUT2D eigenvalue weighted by Crippen LogP contribution is -2.35. The Balaban J connectivity index is 1.65. The fourth-order valence-electron chi connectivity index (χ4n) is 3.51. The summed E-state index contributed by atoms with van der Waals surface area (Å²) in [4.78, 5) is 20.7. The van der Waals surface area contributed by atoms with E-state index in [0.717, 1.165) is 30.5 Å². The summed E-state index contributed by atoms with van der Waals surface area (Å²) in [6.45, 7) is 1.60. The molecule has 7 nitrogen and oxygen atoms in total. The van der Waals surface area contributed by atoms with Gasteiger partial charge < -0.3 is 15.2 Å². The van der Waals surface area contributed by atoms with Crippen molar-refractivity contribution < 1.29 is 35.7 Å². The van der Waals surface area contributed by atoms with Crippen LogP contribution in [0.4, 0.5) is 36.8 Å². The highest BCUT2D eigenvalue weighted by molar-refractivity contribution is 5.90. The van der Waals surface area contributed by atoms with Gasteiger partial charge in [0.25, 0.3) is 0 Å². The molecule has 37 heavy (non-hydrogen) atoms. The number of hydrogen-bond acceptors (Lipinski definition) is 5. The van der Waals surface area contributed by atoms with Gasteiger partial charge in [-0.2, -0.15) is 31.3 Å². The van der Waals surface area contributed by atoms with Crippen LogP contribution in [0.2, 0.25) is 0 Å². The van der Waals surface area contributed by atoms with Crippen molar-refractivity contribution in [1.29, 1.82) is 0 Å². The number of benzene rings is 2. The van der Waals surface area contributed by atoms with Crippen LogP contribution >= 0.6 is 0 Å². The molecule has 0 saturated carbocycles. The number of carbonyl (C=O) groups excluding carboxylic acids is 1. The number of aromatic nitrogens is 3. The van der Waals surface area contributed by atoms with E-state index in [9.17, 15) is 31.1 Å². The standard InChI is InChI=1S/C24H17F6N5O2/c1-13-32-21(35-37-13)15-4-2-5-17(12-15)33-22(36)34-19(14-7-9-16(10-8-14)23(25,26)27)20-18(24(28,29)30)6-3-11-31-20/h2-12,19H,1H3,(H2,33,34,36). The van der Waals surface area contributed by atoms with E-state index in [1.807, 2.05) is 0 Å². The summed E-state index contributed by atoms with van der Waals surface area (Å²) in [6.07, 6.45) is -8.39. The molecule has 0 radical (unpaired) electrons. The minimum atomic E-state index is -4.83. The van der Waals surface area contributed by atoms with Crippen molar-refractivity contribution in [3.63, 3.8) is 0 Å². The lowest BCUT2D eigenvalue weighted by molar-refractivity contribution is -0.139. The van der Waals surface area contributed by atoms with E-state index in [1.165, 1.54) is 12.1 Å². The number of pyridine rings is 1. The molecule has 2 heterocycles.